The molecule has 106 valence electrons. The van der Waals surface area contributed by atoms with Crippen molar-refractivity contribution in [3.8, 4) is 11.5 Å². The smallest absolute Gasteiger partial charge is 0.130 e. The second-order valence-electron chi connectivity index (χ2n) is 4.68. The maximum atomic E-state index is 6.06. The van der Waals surface area contributed by atoms with Crippen molar-refractivity contribution in [3.05, 3.63) is 57.0 Å². The van der Waals surface area contributed by atoms with Crippen molar-refractivity contribution >= 4 is 31.9 Å². The standard InChI is InChI=1S/C16H17Br2NO/c1-2-14(19)9-11-8-13(18)6-7-16(11)20-15-5-3-4-12(17)10-15/h3-8,10,14H,2,9,19H2,1H3. The van der Waals surface area contributed by atoms with Gasteiger partial charge in [-0.15, -0.1) is 0 Å². The quantitative estimate of drug-likeness (QED) is 0.743. The molecule has 0 saturated heterocycles. The summed E-state index contributed by atoms with van der Waals surface area (Å²) in [5.74, 6) is 1.67. The van der Waals surface area contributed by atoms with E-state index in [0.29, 0.717) is 0 Å². The summed E-state index contributed by atoms with van der Waals surface area (Å²) in [5.41, 5.74) is 7.18. The number of hydrogen-bond donors (Lipinski definition) is 1. The zero-order chi connectivity index (χ0) is 14.5. The average molecular weight is 399 g/mol. The lowest BCUT2D eigenvalue weighted by Gasteiger charge is -2.15. The van der Waals surface area contributed by atoms with Crippen molar-refractivity contribution in [2.24, 2.45) is 5.73 Å². The highest BCUT2D eigenvalue weighted by atomic mass is 79.9. The summed E-state index contributed by atoms with van der Waals surface area (Å²) in [6.07, 6.45) is 1.75. The molecule has 2 rings (SSSR count). The molecule has 2 aromatic rings. The summed E-state index contributed by atoms with van der Waals surface area (Å²) >= 11 is 6.95. The summed E-state index contributed by atoms with van der Waals surface area (Å²) < 4.78 is 8.02. The first kappa shape index (κ1) is 15.5. The van der Waals surface area contributed by atoms with E-state index in [-0.39, 0.29) is 6.04 Å². The first-order chi connectivity index (χ1) is 9.58. The topological polar surface area (TPSA) is 35.2 Å². The van der Waals surface area contributed by atoms with Gasteiger partial charge in [-0.3, -0.25) is 0 Å². The summed E-state index contributed by atoms with van der Waals surface area (Å²) in [6.45, 7) is 2.09. The van der Waals surface area contributed by atoms with Gasteiger partial charge in [0.05, 0.1) is 0 Å². The predicted molar refractivity (Wildman–Crippen MR) is 90.3 cm³/mol. The highest BCUT2D eigenvalue weighted by Crippen LogP contribution is 2.30. The third-order valence-corrected chi connectivity index (χ3v) is 4.04. The van der Waals surface area contributed by atoms with Crippen LogP contribution in [0.5, 0.6) is 11.5 Å². The number of hydrogen-bond acceptors (Lipinski definition) is 2. The normalized spacial score (nSPS) is 12.2. The van der Waals surface area contributed by atoms with Gasteiger partial charge in [0.25, 0.3) is 0 Å². The van der Waals surface area contributed by atoms with Crippen molar-refractivity contribution < 1.29 is 4.74 Å². The number of rotatable bonds is 5. The number of ether oxygens (including phenoxy) is 1. The monoisotopic (exact) mass is 397 g/mol. The van der Waals surface area contributed by atoms with E-state index in [4.69, 9.17) is 10.5 Å². The molecule has 0 aliphatic rings. The molecule has 0 aliphatic carbocycles. The molecule has 0 radical (unpaired) electrons. The third kappa shape index (κ3) is 4.33. The van der Waals surface area contributed by atoms with Crippen LogP contribution in [0.3, 0.4) is 0 Å². The van der Waals surface area contributed by atoms with Crippen LogP contribution in [-0.4, -0.2) is 6.04 Å². The van der Waals surface area contributed by atoms with Crippen LogP contribution < -0.4 is 10.5 Å². The Bertz CT molecular complexity index is 586. The summed E-state index contributed by atoms with van der Waals surface area (Å²) in [4.78, 5) is 0. The van der Waals surface area contributed by atoms with E-state index in [1.54, 1.807) is 0 Å². The molecule has 0 heterocycles. The Balaban J connectivity index is 2.26. The van der Waals surface area contributed by atoms with Crippen LogP contribution in [0.4, 0.5) is 0 Å². The first-order valence-corrected chi connectivity index (χ1v) is 8.14. The summed E-state index contributed by atoms with van der Waals surface area (Å²) in [5, 5.41) is 0. The van der Waals surface area contributed by atoms with Crippen molar-refractivity contribution in [2.45, 2.75) is 25.8 Å². The Morgan fingerprint density at radius 3 is 2.55 bits per heavy atom. The minimum Gasteiger partial charge on any atom is -0.457 e. The Morgan fingerprint density at radius 2 is 1.85 bits per heavy atom. The van der Waals surface area contributed by atoms with Crippen LogP contribution in [0.25, 0.3) is 0 Å². The molecule has 20 heavy (non-hydrogen) atoms. The van der Waals surface area contributed by atoms with Crippen LogP contribution in [0.1, 0.15) is 18.9 Å². The van der Waals surface area contributed by atoms with E-state index in [2.05, 4.69) is 44.8 Å². The van der Waals surface area contributed by atoms with Gasteiger partial charge >= 0.3 is 0 Å². The molecule has 0 fully saturated rings. The number of benzene rings is 2. The van der Waals surface area contributed by atoms with Crippen LogP contribution in [0, 0.1) is 0 Å². The van der Waals surface area contributed by atoms with Crippen LogP contribution in [0.15, 0.2) is 51.4 Å². The zero-order valence-electron chi connectivity index (χ0n) is 11.3. The van der Waals surface area contributed by atoms with E-state index < -0.39 is 0 Å². The van der Waals surface area contributed by atoms with E-state index in [0.717, 1.165) is 38.8 Å². The summed E-state index contributed by atoms with van der Waals surface area (Å²) in [6, 6.07) is 14.0. The Morgan fingerprint density at radius 1 is 1.10 bits per heavy atom. The molecule has 1 unspecified atom stereocenters. The molecule has 0 bridgehead atoms. The van der Waals surface area contributed by atoms with Crippen LogP contribution >= 0.6 is 31.9 Å². The lowest BCUT2D eigenvalue weighted by atomic mass is 10.0. The van der Waals surface area contributed by atoms with Crippen LogP contribution in [-0.2, 0) is 6.42 Å². The molecule has 4 heteroatoms. The van der Waals surface area contributed by atoms with Gasteiger partial charge in [0, 0.05) is 15.0 Å². The van der Waals surface area contributed by atoms with Crippen LogP contribution in [0.2, 0.25) is 0 Å². The van der Waals surface area contributed by atoms with Crippen molar-refractivity contribution in [1.29, 1.82) is 0 Å². The molecule has 0 spiro atoms. The zero-order valence-corrected chi connectivity index (χ0v) is 14.4. The van der Waals surface area contributed by atoms with Gasteiger partial charge in [-0.05, 0) is 54.8 Å². The van der Waals surface area contributed by atoms with Gasteiger partial charge in [0.2, 0.25) is 0 Å². The van der Waals surface area contributed by atoms with E-state index in [1.807, 2.05) is 36.4 Å². The minimum atomic E-state index is 0.147. The van der Waals surface area contributed by atoms with Gasteiger partial charge in [-0.1, -0.05) is 44.8 Å². The molecule has 2 aromatic carbocycles. The molecular weight excluding hydrogens is 382 g/mol. The average Bonchev–Trinajstić information content (AvgIpc) is 2.42. The summed E-state index contributed by atoms with van der Waals surface area (Å²) in [7, 11) is 0. The lowest BCUT2D eigenvalue weighted by molar-refractivity contribution is 0.471. The van der Waals surface area contributed by atoms with E-state index in [1.165, 1.54) is 0 Å². The number of nitrogens with two attached hydrogens (primary N) is 1. The van der Waals surface area contributed by atoms with E-state index >= 15 is 0 Å². The molecule has 0 aliphatic heterocycles. The Hall–Kier alpha value is -0.840. The predicted octanol–water partition coefficient (Wildman–Crippen LogP) is 5.28. The first-order valence-electron chi connectivity index (χ1n) is 6.56. The SMILES string of the molecule is CCC(N)Cc1cc(Br)ccc1Oc1cccc(Br)c1. The second kappa shape index (κ2) is 7.25. The van der Waals surface area contributed by atoms with Gasteiger partial charge in [0.15, 0.2) is 0 Å². The van der Waals surface area contributed by atoms with Gasteiger partial charge in [-0.2, -0.15) is 0 Å². The fourth-order valence-corrected chi connectivity index (χ4v) is 2.68. The molecule has 1 atom stereocenters. The van der Waals surface area contributed by atoms with E-state index in [9.17, 15) is 0 Å². The fourth-order valence-electron chi connectivity index (χ4n) is 1.89. The molecule has 0 amide bonds. The molecule has 2 N–H and O–H groups in total. The number of halogens is 2. The molecule has 2 nitrogen and oxygen atoms in total. The fraction of sp³-hybridized carbons (Fsp3) is 0.250. The maximum absolute atomic E-state index is 6.06. The van der Waals surface area contributed by atoms with Gasteiger partial charge in [-0.25, -0.2) is 0 Å². The maximum Gasteiger partial charge on any atom is 0.130 e. The van der Waals surface area contributed by atoms with Crippen molar-refractivity contribution in [3.63, 3.8) is 0 Å². The largest absolute Gasteiger partial charge is 0.457 e. The molecule has 0 aromatic heterocycles. The molecular formula is C16H17Br2NO. The lowest BCUT2D eigenvalue weighted by Crippen LogP contribution is -2.21. The Kier molecular flexibility index (Phi) is 5.64. The van der Waals surface area contributed by atoms with Crippen molar-refractivity contribution in [2.75, 3.05) is 0 Å². The Labute approximate surface area is 136 Å². The second-order valence-corrected chi connectivity index (χ2v) is 6.52. The van der Waals surface area contributed by atoms with Gasteiger partial charge in [0.1, 0.15) is 11.5 Å². The highest BCUT2D eigenvalue weighted by Gasteiger charge is 2.10. The van der Waals surface area contributed by atoms with Crippen molar-refractivity contribution in [1.82, 2.24) is 0 Å². The minimum absolute atomic E-state index is 0.147. The van der Waals surface area contributed by atoms with Gasteiger partial charge < -0.3 is 10.5 Å². The molecule has 0 saturated carbocycles. The third-order valence-electron chi connectivity index (χ3n) is 3.05. The highest BCUT2D eigenvalue weighted by molar-refractivity contribution is 9.10.